The molecule has 1 heterocycles. The summed E-state index contributed by atoms with van der Waals surface area (Å²) in [6.45, 7) is 1.53. The van der Waals surface area contributed by atoms with Gasteiger partial charge in [0.1, 0.15) is 0 Å². The average Bonchev–Trinajstić information content (AvgIpc) is 2.59. The summed E-state index contributed by atoms with van der Waals surface area (Å²) in [5.74, 6) is 0.0284. The minimum atomic E-state index is -0.687. The maximum atomic E-state index is 12.1. The largest absolute Gasteiger partial charge is 0.387 e. The Morgan fingerprint density at radius 3 is 2.68 bits per heavy atom. The van der Waals surface area contributed by atoms with E-state index in [4.69, 9.17) is 4.74 Å². The molecule has 1 amide bonds. The van der Waals surface area contributed by atoms with Gasteiger partial charge in [0.2, 0.25) is 5.91 Å². The summed E-state index contributed by atoms with van der Waals surface area (Å²) in [7, 11) is 0. The fourth-order valence-electron chi connectivity index (χ4n) is 2.83. The molecule has 3 rings (SSSR count). The first-order valence-corrected chi connectivity index (χ1v) is 7.76. The SMILES string of the molecule is O=C(NCC(O)c1ccc2ccccc2c1)C1CCOCC1. The van der Waals surface area contributed by atoms with Crippen LogP contribution in [0.3, 0.4) is 0 Å². The number of aliphatic hydroxyl groups excluding tert-OH is 1. The molecule has 0 radical (unpaired) electrons. The van der Waals surface area contributed by atoms with Crippen LogP contribution in [0.2, 0.25) is 0 Å². The number of hydrogen-bond donors (Lipinski definition) is 2. The Morgan fingerprint density at radius 2 is 1.91 bits per heavy atom. The third kappa shape index (κ3) is 3.46. The standard InChI is InChI=1S/C18H21NO3/c20-17(12-19-18(21)14-7-9-22-10-8-14)16-6-5-13-3-1-2-4-15(13)11-16/h1-6,11,14,17,20H,7-10,12H2,(H,19,21). The van der Waals surface area contributed by atoms with Crippen molar-refractivity contribution in [1.82, 2.24) is 5.32 Å². The molecule has 22 heavy (non-hydrogen) atoms. The molecule has 0 aliphatic carbocycles. The first-order valence-electron chi connectivity index (χ1n) is 7.76. The quantitative estimate of drug-likeness (QED) is 0.911. The third-order valence-corrected chi connectivity index (χ3v) is 4.22. The van der Waals surface area contributed by atoms with E-state index in [-0.39, 0.29) is 18.4 Å². The number of ether oxygens (including phenoxy) is 1. The van der Waals surface area contributed by atoms with Gasteiger partial charge in [0, 0.05) is 25.7 Å². The highest BCUT2D eigenvalue weighted by Gasteiger charge is 2.22. The van der Waals surface area contributed by atoms with E-state index in [0.717, 1.165) is 29.2 Å². The molecular formula is C18H21NO3. The van der Waals surface area contributed by atoms with Crippen LogP contribution in [0.15, 0.2) is 42.5 Å². The van der Waals surface area contributed by atoms with E-state index in [9.17, 15) is 9.90 Å². The predicted molar refractivity (Wildman–Crippen MR) is 85.5 cm³/mol. The number of fused-ring (bicyclic) bond motifs is 1. The first-order chi connectivity index (χ1) is 10.7. The molecule has 1 aliphatic heterocycles. The molecule has 4 heteroatoms. The number of nitrogens with one attached hydrogen (secondary N) is 1. The second-order valence-corrected chi connectivity index (χ2v) is 5.75. The van der Waals surface area contributed by atoms with Crippen LogP contribution in [0.25, 0.3) is 10.8 Å². The molecule has 1 aliphatic rings. The highest BCUT2D eigenvalue weighted by Crippen LogP contribution is 2.20. The molecule has 2 aromatic rings. The van der Waals surface area contributed by atoms with Gasteiger partial charge in [0.15, 0.2) is 0 Å². The normalized spacial score (nSPS) is 17.3. The van der Waals surface area contributed by atoms with Gasteiger partial charge in [-0.05, 0) is 35.2 Å². The van der Waals surface area contributed by atoms with Gasteiger partial charge in [-0.25, -0.2) is 0 Å². The van der Waals surface area contributed by atoms with Gasteiger partial charge in [-0.3, -0.25) is 4.79 Å². The minimum absolute atomic E-state index is 0.0116. The van der Waals surface area contributed by atoms with Crippen molar-refractivity contribution in [2.75, 3.05) is 19.8 Å². The van der Waals surface area contributed by atoms with E-state index in [0.29, 0.717) is 13.2 Å². The summed E-state index contributed by atoms with van der Waals surface area (Å²) in [5.41, 5.74) is 0.825. The van der Waals surface area contributed by atoms with Gasteiger partial charge >= 0.3 is 0 Å². The zero-order valence-electron chi connectivity index (χ0n) is 12.5. The number of amides is 1. The van der Waals surface area contributed by atoms with Crippen LogP contribution >= 0.6 is 0 Å². The van der Waals surface area contributed by atoms with Crippen LogP contribution in [0.5, 0.6) is 0 Å². The fraction of sp³-hybridized carbons (Fsp3) is 0.389. The molecule has 1 atom stereocenters. The Labute approximate surface area is 130 Å². The Kier molecular flexibility index (Phi) is 4.71. The average molecular weight is 299 g/mol. The molecule has 2 N–H and O–H groups in total. The number of hydrogen-bond acceptors (Lipinski definition) is 3. The van der Waals surface area contributed by atoms with Crippen molar-refractivity contribution in [3.63, 3.8) is 0 Å². The van der Waals surface area contributed by atoms with Crippen LogP contribution in [0, 0.1) is 5.92 Å². The molecular weight excluding hydrogens is 278 g/mol. The number of carbonyl (C=O) groups excluding carboxylic acids is 1. The maximum Gasteiger partial charge on any atom is 0.223 e. The topological polar surface area (TPSA) is 58.6 Å². The molecule has 0 spiro atoms. The fourth-order valence-corrected chi connectivity index (χ4v) is 2.83. The summed E-state index contributed by atoms with van der Waals surface area (Å²) in [4.78, 5) is 12.1. The highest BCUT2D eigenvalue weighted by molar-refractivity contribution is 5.83. The maximum absolute atomic E-state index is 12.1. The van der Waals surface area contributed by atoms with Crippen molar-refractivity contribution in [2.24, 2.45) is 5.92 Å². The molecule has 0 bridgehead atoms. The number of benzene rings is 2. The molecule has 116 valence electrons. The summed E-state index contributed by atoms with van der Waals surface area (Å²) in [6.07, 6.45) is 0.837. The summed E-state index contributed by atoms with van der Waals surface area (Å²) in [5, 5.41) is 15.4. The third-order valence-electron chi connectivity index (χ3n) is 4.22. The van der Waals surface area contributed by atoms with Gasteiger partial charge < -0.3 is 15.2 Å². The highest BCUT2D eigenvalue weighted by atomic mass is 16.5. The van der Waals surface area contributed by atoms with E-state index in [1.165, 1.54) is 0 Å². The summed E-state index contributed by atoms with van der Waals surface area (Å²) in [6, 6.07) is 13.9. The Bertz CT molecular complexity index is 650. The van der Waals surface area contributed by atoms with Crippen LogP contribution in [0.4, 0.5) is 0 Å². The smallest absolute Gasteiger partial charge is 0.223 e. The molecule has 1 saturated heterocycles. The van der Waals surface area contributed by atoms with Crippen molar-refractivity contribution in [2.45, 2.75) is 18.9 Å². The number of rotatable bonds is 4. The van der Waals surface area contributed by atoms with Gasteiger partial charge in [-0.15, -0.1) is 0 Å². The molecule has 2 aromatic carbocycles. The monoisotopic (exact) mass is 299 g/mol. The van der Waals surface area contributed by atoms with E-state index >= 15 is 0 Å². The van der Waals surface area contributed by atoms with Gasteiger partial charge in [0.25, 0.3) is 0 Å². The molecule has 4 nitrogen and oxygen atoms in total. The lowest BCUT2D eigenvalue weighted by atomic mass is 9.99. The lowest BCUT2D eigenvalue weighted by Gasteiger charge is -2.22. The minimum Gasteiger partial charge on any atom is -0.387 e. The van der Waals surface area contributed by atoms with Crippen molar-refractivity contribution < 1.29 is 14.6 Å². The predicted octanol–water partition coefficient (Wildman–Crippen LogP) is 2.42. The van der Waals surface area contributed by atoms with Crippen LogP contribution in [-0.2, 0) is 9.53 Å². The van der Waals surface area contributed by atoms with Crippen molar-refractivity contribution >= 4 is 16.7 Å². The lowest BCUT2D eigenvalue weighted by Crippen LogP contribution is -2.36. The van der Waals surface area contributed by atoms with E-state index in [1.807, 2.05) is 42.5 Å². The zero-order valence-corrected chi connectivity index (χ0v) is 12.5. The van der Waals surface area contributed by atoms with Gasteiger partial charge in [0.05, 0.1) is 6.10 Å². The van der Waals surface area contributed by atoms with Crippen LogP contribution in [0.1, 0.15) is 24.5 Å². The van der Waals surface area contributed by atoms with Gasteiger partial charge in [-0.1, -0.05) is 36.4 Å². The molecule has 1 unspecified atom stereocenters. The Hall–Kier alpha value is -1.91. The Morgan fingerprint density at radius 1 is 1.18 bits per heavy atom. The molecule has 0 aromatic heterocycles. The van der Waals surface area contributed by atoms with Crippen LogP contribution < -0.4 is 5.32 Å². The second-order valence-electron chi connectivity index (χ2n) is 5.75. The summed E-state index contributed by atoms with van der Waals surface area (Å²) >= 11 is 0. The second kappa shape index (κ2) is 6.90. The number of carbonyl (C=O) groups is 1. The van der Waals surface area contributed by atoms with E-state index in [1.54, 1.807) is 0 Å². The van der Waals surface area contributed by atoms with Gasteiger partial charge in [-0.2, -0.15) is 0 Å². The van der Waals surface area contributed by atoms with E-state index in [2.05, 4.69) is 5.32 Å². The molecule has 0 saturated carbocycles. The van der Waals surface area contributed by atoms with Crippen molar-refractivity contribution in [3.05, 3.63) is 48.0 Å². The number of aliphatic hydroxyl groups is 1. The summed E-state index contributed by atoms with van der Waals surface area (Å²) < 4.78 is 5.26. The van der Waals surface area contributed by atoms with E-state index < -0.39 is 6.10 Å². The Balaban J connectivity index is 1.60. The zero-order chi connectivity index (χ0) is 15.4. The lowest BCUT2D eigenvalue weighted by molar-refractivity contribution is -0.128. The molecule has 1 fully saturated rings. The van der Waals surface area contributed by atoms with Crippen LogP contribution in [-0.4, -0.2) is 30.8 Å². The van der Waals surface area contributed by atoms with Crippen molar-refractivity contribution in [3.8, 4) is 0 Å². The van der Waals surface area contributed by atoms with Crippen molar-refractivity contribution in [1.29, 1.82) is 0 Å². The first kappa shape index (κ1) is 15.0.